The molecule has 0 unspecified atom stereocenters. The van der Waals surface area contributed by atoms with Crippen molar-refractivity contribution in [3.05, 3.63) is 12.4 Å². The predicted octanol–water partition coefficient (Wildman–Crippen LogP) is 0.481. The van der Waals surface area contributed by atoms with Gasteiger partial charge in [0.1, 0.15) is 0 Å². The number of aromatic nitrogens is 2. The molecule has 2 amide bonds. The van der Waals surface area contributed by atoms with Gasteiger partial charge < -0.3 is 15.5 Å². The van der Waals surface area contributed by atoms with Crippen LogP contribution >= 0.6 is 0 Å². The molecule has 1 heterocycles. The first-order valence-electron chi connectivity index (χ1n) is 4.79. The van der Waals surface area contributed by atoms with Gasteiger partial charge in [-0.05, 0) is 21.0 Å². The van der Waals surface area contributed by atoms with Gasteiger partial charge in [0.25, 0.3) is 0 Å². The summed E-state index contributed by atoms with van der Waals surface area (Å²) in [4.78, 5) is 13.4. The largest absolute Gasteiger partial charge is 0.336 e. The Morgan fingerprint density at radius 2 is 2.40 bits per heavy atom. The van der Waals surface area contributed by atoms with Gasteiger partial charge in [-0.1, -0.05) is 0 Å². The lowest BCUT2D eigenvalue weighted by molar-refractivity contribution is 0.245. The van der Waals surface area contributed by atoms with Gasteiger partial charge >= 0.3 is 6.03 Å². The van der Waals surface area contributed by atoms with E-state index in [9.17, 15) is 4.79 Å². The standard InChI is InChI=1S/C9H17N5O/c1-7(14(2)3)4-10-9(15)13-8-5-11-12-6-8/h5-7H,4H2,1-3H3,(H,11,12)(H2,10,13,15)/t7-/m1/s1. The van der Waals surface area contributed by atoms with Crippen LogP contribution in [0.5, 0.6) is 0 Å². The minimum atomic E-state index is -0.217. The van der Waals surface area contributed by atoms with Crippen molar-refractivity contribution in [3.8, 4) is 0 Å². The minimum Gasteiger partial charge on any atom is -0.336 e. The van der Waals surface area contributed by atoms with Gasteiger partial charge in [-0.3, -0.25) is 5.10 Å². The number of likely N-dealkylation sites (N-methyl/N-ethyl adjacent to an activating group) is 1. The molecule has 84 valence electrons. The maximum atomic E-state index is 11.4. The summed E-state index contributed by atoms with van der Waals surface area (Å²) in [5.74, 6) is 0. The highest BCUT2D eigenvalue weighted by molar-refractivity contribution is 5.88. The van der Waals surface area contributed by atoms with E-state index in [-0.39, 0.29) is 6.03 Å². The van der Waals surface area contributed by atoms with Gasteiger partial charge in [0.05, 0.1) is 11.9 Å². The second-order valence-electron chi connectivity index (χ2n) is 3.63. The maximum absolute atomic E-state index is 11.4. The van der Waals surface area contributed by atoms with Crippen molar-refractivity contribution >= 4 is 11.7 Å². The Hall–Kier alpha value is -1.56. The number of amides is 2. The predicted molar refractivity (Wildman–Crippen MR) is 58.8 cm³/mol. The molecule has 0 bridgehead atoms. The Labute approximate surface area is 89.0 Å². The van der Waals surface area contributed by atoms with E-state index in [2.05, 4.69) is 20.8 Å². The van der Waals surface area contributed by atoms with Crippen LogP contribution in [0.15, 0.2) is 12.4 Å². The molecule has 15 heavy (non-hydrogen) atoms. The van der Waals surface area contributed by atoms with Crippen LogP contribution in [0, 0.1) is 0 Å². The van der Waals surface area contributed by atoms with Crippen LogP contribution in [-0.2, 0) is 0 Å². The van der Waals surface area contributed by atoms with Crippen molar-refractivity contribution < 1.29 is 4.79 Å². The van der Waals surface area contributed by atoms with Crippen LogP contribution in [0.4, 0.5) is 10.5 Å². The molecule has 0 saturated carbocycles. The van der Waals surface area contributed by atoms with Gasteiger partial charge in [0.2, 0.25) is 0 Å². The third-order valence-electron chi connectivity index (χ3n) is 2.20. The van der Waals surface area contributed by atoms with Crippen molar-refractivity contribution in [3.63, 3.8) is 0 Å². The Morgan fingerprint density at radius 1 is 1.67 bits per heavy atom. The average molecular weight is 211 g/mol. The number of aromatic amines is 1. The summed E-state index contributed by atoms with van der Waals surface area (Å²) >= 11 is 0. The highest BCUT2D eigenvalue weighted by Crippen LogP contribution is 1.99. The molecule has 0 radical (unpaired) electrons. The number of nitrogens with zero attached hydrogens (tertiary/aromatic N) is 2. The zero-order valence-corrected chi connectivity index (χ0v) is 9.24. The quantitative estimate of drug-likeness (QED) is 0.678. The Morgan fingerprint density at radius 3 is 2.93 bits per heavy atom. The Bertz CT molecular complexity index is 295. The van der Waals surface area contributed by atoms with Crippen molar-refractivity contribution in [2.24, 2.45) is 0 Å². The summed E-state index contributed by atoms with van der Waals surface area (Å²) in [6, 6.07) is 0.0881. The molecule has 0 fully saturated rings. The molecule has 0 aliphatic heterocycles. The third-order valence-corrected chi connectivity index (χ3v) is 2.20. The summed E-state index contributed by atoms with van der Waals surface area (Å²) in [6.07, 6.45) is 3.17. The maximum Gasteiger partial charge on any atom is 0.319 e. The van der Waals surface area contributed by atoms with Crippen LogP contribution in [0.3, 0.4) is 0 Å². The molecule has 6 nitrogen and oxygen atoms in total. The third kappa shape index (κ3) is 3.99. The zero-order valence-electron chi connectivity index (χ0n) is 9.24. The summed E-state index contributed by atoms with van der Waals surface area (Å²) in [5, 5.41) is 11.8. The lowest BCUT2D eigenvalue weighted by Crippen LogP contribution is -2.40. The second-order valence-corrected chi connectivity index (χ2v) is 3.63. The first-order valence-corrected chi connectivity index (χ1v) is 4.79. The first kappa shape index (κ1) is 11.5. The number of carbonyl (C=O) groups is 1. The van der Waals surface area contributed by atoms with Crippen LogP contribution < -0.4 is 10.6 Å². The topological polar surface area (TPSA) is 73.0 Å². The van der Waals surface area contributed by atoms with Crippen LogP contribution in [0.1, 0.15) is 6.92 Å². The van der Waals surface area contributed by atoms with E-state index in [1.165, 1.54) is 0 Å². The number of hydrogen-bond acceptors (Lipinski definition) is 3. The molecular weight excluding hydrogens is 194 g/mol. The first-order chi connectivity index (χ1) is 7.09. The van der Waals surface area contributed by atoms with E-state index < -0.39 is 0 Å². The summed E-state index contributed by atoms with van der Waals surface area (Å²) in [5.41, 5.74) is 0.657. The molecule has 1 aromatic rings. The normalized spacial score (nSPS) is 12.5. The van der Waals surface area contributed by atoms with Crippen molar-refractivity contribution in [2.45, 2.75) is 13.0 Å². The molecule has 0 spiro atoms. The highest BCUT2D eigenvalue weighted by Gasteiger charge is 2.07. The molecule has 0 saturated heterocycles. The van der Waals surface area contributed by atoms with Crippen LogP contribution in [0.25, 0.3) is 0 Å². The molecule has 1 atom stereocenters. The van der Waals surface area contributed by atoms with E-state index in [1.807, 2.05) is 25.9 Å². The van der Waals surface area contributed by atoms with Crippen molar-refractivity contribution in [2.75, 3.05) is 26.0 Å². The summed E-state index contributed by atoms with van der Waals surface area (Å²) < 4.78 is 0. The monoisotopic (exact) mass is 211 g/mol. The van der Waals surface area contributed by atoms with E-state index in [1.54, 1.807) is 12.4 Å². The number of rotatable bonds is 4. The molecule has 6 heteroatoms. The summed E-state index contributed by atoms with van der Waals surface area (Å²) in [6.45, 7) is 2.65. The number of hydrogen-bond donors (Lipinski definition) is 3. The fourth-order valence-electron chi connectivity index (χ4n) is 0.918. The summed E-state index contributed by atoms with van der Waals surface area (Å²) in [7, 11) is 3.95. The number of nitrogens with one attached hydrogen (secondary N) is 3. The van der Waals surface area contributed by atoms with E-state index in [0.717, 1.165) is 0 Å². The highest BCUT2D eigenvalue weighted by atomic mass is 16.2. The molecule has 0 aliphatic carbocycles. The van der Waals surface area contributed by atoms with Crippen LogP contribution in [0.2, 0.25) is 0 Å². The molecule has 0 aliphatic rings. The SMILES string of the molecule is C[C@H](CNC(=O)Nc1cn[nH]c1)N(C)C. The van der Waals surface area contributed by atoms with Crippen molar-refractivity contribution in [1.82, 2.24) is 20.4 Å². The fraction of sp³-hybridized carbons (Fsp3) is 0.556. The van der Waals surface area contributed by atoms with Gasteiger partial charge in [0, 0.05) is 18.8 Å². The number of carbonyl (C=O) groups excluding carboxylic acids is 1. The molecule has 1 aromatic heterocycles. The average Bonchev–Trinajstić information content (AvgIpc) is 2.66. The number of H-pyrrole nitrogens is 1. The van der Waals surface area contributed by atoms with Gasteiger partial charge in [-0.15, -0.1) is 0 Å². The smallest absolute Gasteiger partial charge is 0.319 e. The lowest BCUT2D eigenvalue weighted by atomic mass is 10.3. The fourth-order valence-corrected chi connectivity index (χ4v) is 0.918. The van der Waals surface area contributed by atoms with Gasteiger partial charge in [-0.2, -0.15) is 5.10 Å². The van der Waals surface area contributed by atoms with Crippen molar-refractivity contribution in [1.29, 1.82) is 0 Å². The zero-order chi connectivity index (χ0) is 11.3. The second kappa shape index (κ2) is 5.35. The van der Waals surface area contributed by atoms with E-state index >= 15 is 0 Å². The van der Waals surface area contributed by atoms with E-state index in [0.29, 0.717) is 18.3 Å². The number of anilines is 1. The Balaban J connectivity index is 2.25. The molecule has 3 N–H and O–H groups in total. The van der Waals surface area contributed by atoms with E-state index in [4.69, 9.17) is 0 Å². The molecule has 1 rings (SSSR count). The molecular formula is C9H17N5O. The number of urea groups is 1. The van der Waals surface area contributed by atoms with Gasteiger partial charge in [-0.25, -0.2) is 4.79 Å². The Kier molecular flexibility index (Phi) is 4.11. The molecule has 0 aromatic carbocycles. The van der Waals surface area contributed by atoms with Gasteiger partial charge in [0.15, 0.2) is 0 Å². The van der Waals surface area contributed by atoms with Crippen LogP contribution in [-0.4, -0.2) is 47.8 Å². The lowest BCUT2D eigenvalue weighted by Gasteiger charge is -2.19. The minimum absolute atomic E-state index is 0.217.